The molecule has 0 aromatic rings. The molecule has 0 aromatic carbocycles. The number of amides is 2. The van der Waals surface area contributed by atoms with Gasteiger partial charge in [0.05, 0.1) is 19.1 Å². The molecule has 6 nitrogen and oxygen atoms in total. The zero-order chi connectivity index (χ0) is 12.1. The van der Waals surface area contributed by atoms with Crippen LogP contribution in [-0.2, 0) is 14.4 Å². The number of Topliss-reactive ketones (excluding diaryl/α,β-unsaturated/α-hetero) is 1. The Morgan fingerprint density at radius 3 is 2.19 bits per heavy atom. The van der Waals surface area contributed by atoms with Crippen molar-refractivity contribution >= 4 is 17.6 Å². The molecule has 1 rings (SSSR count). The number of carbonyl (C=O) groups excluding carboxylic acids is 3. The van der Waals surface area contributed by atoms with E-state index in [1.54, 1.807) is 0 Å². The predicted molar refractivity (Wildman–Crippen MR) is 57.2 cm³/mol. The van der Waals surface area contributed by atoms with E-state index in [0.717, 1.165) is 12.8 Å². The smallest absolute Gasteiger partial charge is 0.231 e. The molecule has 0 aromatic heterocycles. The third kappa shape index (κ3) is 3.62. The molecule has 6 heteroatoms. The van der Waals surface area contributed by atoms with Crippen LogP contribution in [-0.4, -0.2) is 41.6 Å². The lowest BCUT2D eigenvalue weighted by molar-refractivity contribution is -0.130. The van der Waals surface area contributed by atoms with Crippen LogP contribution in [0.4, 0.5) is 0 Å². The van der Waals surface area contributed by atoms with Gasteiger partial charge in [0, 0.05) is 6.42 Å². The standard InChI is InChI=1S/C10H17N3O3/c11-9(15)5-13(6-10(12)16)7-3-1-2-4-8(7)14/h7H,1-6H2,(H2,11,15)(H2,12,16). The fourth-order valence-electron chi connectivity index (χ4n) is 2.03. The van der Waals surface area contributed by atoms with E-state index in [0.29, 0.717) is 12.8 Å². The van der Waals surface area contributed by atoms with Crippen LogP contribution in [0.5, 0.6) is 0 Å². The van der Waals surface area contributed by atoms with Crippen molar-refractivity contribution in [3.8, 4) is 0 Å². The summed E-state index contributed by atoms with van der Waals surface area (Å²) in [4.78, 5) is 34.8. The Morgan fingerprint density at radius 2 is 1.75 bits per heavy atom. The van der Waals surface area contributed by atoms with Crippen LogP contribution in [0.15, 0.2) is 0 Å². The van der Waals surface area contributed by atoms with E-state index in [2.05, 4.69) is 0 Å². The highest BCUT2D eigenvalue weighted by Gasteiger charge is 2.29. The molecule has 0 aliphatic heterocycles. The van der Waals surface area contributed by atoms with Gasteiger partial charge in [-0.3, -0.25) is 19.3 Å². The average molecular weight is 227 g/mol. The summed E-state index contributed by atoms with van der Waals surface area (Å²) in [6, 6.07) is -0.381. The number of primary amides is 2. The van der Waals surface area contributed by atoms with Gasteiger partial charge in [0.2, 0.25) is 11.8 Å². The van der Waals surface area contributed by atoms with Crippen molar-refractivity contribution in [2.45, 2.75) is 31.7 Å². The molecule has 4 N–H and O–H groups in total. The molecular formula is C10H17N3O3. The molecular weight excluding hydrogens is 210 g/mol. The first kappa shape index (κ1) is 12.6. The van der Waals surface area contributed by atoms with E-state index in [-0.39, 0.29) is 24.9 Å². The van der Waals surface area contributed by atoms with Crippen LogP contribution in [0.2, 0.25) is 0 Å². The maximum atomic E-state index is 11.7. The molecule has 0 bridgehead atoms. The molecule has 1 unspecified atom stereocenters. The van der Waals surface area contributed by atoms with Crippen LogP contribution in [0.25, 0.3) is 0 Å². The third-order valence-corrected chi connectivity index (χ3v) is 2.68. The Morgan fingerprint density at radius 1 is 1.19 bits per heavy atom. The predicted octanol–water partition coefficient (Wildman–Crippen LogP) is -1.23. The van der Waals surface area contributed by atoms with Gasteiger partial charge < -0.3 is 11.5 Å². The number of carbonyl (C=O) groups is 3. The first-order valence-corrected chi connectivity index (χ1v) is 5.34. The second-order valence-corrected chi connectivity index (χ2v) is 4.07. The summed E-state index contributed by atoms with van der Waals surface area (Å²) in [6.45, 7) is -0.196. The van der Waals surface area contributed by atoms with Crippen molar-refractivity contribution in [2.24, 2.45) is 11.5 Å². The van der Waals surface area contributed by atoms with Gasteiger partial charge in [-0.15, -0.1) is 0 Å². The van der Waals surface area contributed by atoms with Crippen LogP contribution in [0.1, 0.15) is 25.7 Å². The van der Waals surface area contributed by atoms with Crippen LogP contribution in [0, 0.1) is 0 Å². The van der Waals surface area contributed by atoms with Gasteiger partial charge in [-0.05, 0) is 12.8 Å². The number of rotatable bonds is 5. The van der Waals surface area contributed by atoms with Crippen molar-refractivity contribution in [1.29, 1.82) is 0 Å². The van der Waals surface area contributed by atoms with Crippen LogP contribution < -0.4 is 11.5 Å². The molecule has 1 aliphatic carbocycles. The quantitative estimate of drug-likeness (QED) is 0.613. The monoisotopic (exact) mass is 227 g/mol. The minimum atomic E-state index is -0.556. The van der Waals surface area contributed by atoms with Crippen molar-refractivity contribution in [3.63, 3.8) is 0 Å². The summed E-state index contributed by atoms with van der Waals surface area (Å²) in [5, 5.41) is 0. The van der Waals surface area contributed by atoms with E-state index in [4.69, 9.17) is 11.5 Å². The Hall–Kier alpha value is -1.43. The lowest BCUT2D eigenvalue weighted by Gasteiger charge is -2.31. The largest absolute Gasteiger partial charge is 0.369 e. The number of nitrogens with zero attached hydrogens (tertiary/aromatic N) is 1. The van der Waals surface area contributed by atoms with Crippen LogP contribution in [0.3, 0.4) is 0 Å². The first-order chi connectivity index (χ1) is 7.50. The van der Waals surface area contributed by atoms with Gasteiger partial charge in [0.25, 0.3) is 0 Å². The van der Waals surface area contributed by atoms with E-state index in [9.17, 15) is 14.4 Å². The van der Waals surface area contributed by atoms with E-state index in [1.165, 1.54) is 4.90 Å². The Balaban J connectivity index is 2.68. The Labute approximate surface area is 93.9 Å². The maximum Gasteiger partial charge on any atom is 0.231 e. The van der Waals surface area contributed by atoms with E-state index in [1.807, 2.05) is 0 Å². The minimum Gasteiger partial charge on any atom is -0.369 e. The Bertz CT molecular complexity index is 288. The van der Waals surface area contributed by atoms with Crippen molar-refractivity contribution in [2.75, 3.05) is 13.1 Å². The van der Waals surface area contributed by atoms with Gasteiger partial charge in [-0.1, -0.05) is 6.42 Å². The average Bonchev–Trinajstić information content (AvgIpc) is 2.15. The fraction of sp³-hybridized carbons (Fsp3) is 0.700. The molecule has 2 amide bonds. The van der Waals surface area contributed by atoms with Gasteiger partial charge in [-0.2, -0.15) is 0 Å². The molecule has 1 saturated carbocycles. The lowest BCUT2D eigenvalue weighted by atomic mass is 9.93. The maximum absolute atomic E-state index is 11.7. The minimum absolute atomic E-state index is 0.0637. The zero-order valence-corrected chi connectivity index (χ0v) is 9.15. The lowest BCUT2D eigenvalue weighted by Crippen LogP contribution is -2.49. The van der Waals surface area contributed by atoms with Crippen molar-refractivity contribution < 1.29 is 14.4 Å². The molecule has 0 radical (unpaired) electrons. The number of hydrogen-bond donors (Lipinski definition) is 2. The first-order valence-electron chi connectivity index (χ1n) is 5.34. The topological polar surface area (TPSA) is 106 Å². The Kier molecular flexibility index (Phi) is 4.42. The molecule has 0 saturated heterocycles. The number of nitrogens with two attached hydrogens (primary N) is 2. The highest BCUT2D eigenvalue weighted by molar-refractivity contribution is 5.87. The molecule has 90 valence electrons. The van der Waals surface area contributed by atoms with Gasteiger partial charge in [-0.25, -0.2) is 0 Å². The fourth-order valence-corrected chi connectivity index (χ4v) is 2.03. The van der Waals surface area contributed by atoms with Crippen molar-refractivity contribution in [1.82, 2.24) is 4.90 Å². The van der Waals surface area contributed by atoms with Gasteiger partial charge in [0.15, 0.2) is 0 Å². The summed E-state index contributed by atoms with van der Waals surface area (Å²) in [5.74, 6) is -1.05. The van der Waals surface area contributed by atoms with E-state index >= 15 is 0 Å². The highest BCUT2D eigenvalue weighted by Crippen LogP contribution is 2.19. The van der Waals surface area contributed by atoms with Gasteiger partial charge >= 0.3 is 0 Å². The number of ketones is 1. The highest BCUT2D eigenvalue weighted by atomic mass is 16.2. The van der Waals surface area contributed by atoms with E-state index < -0.39 is 11.8 Å². The molecule has 0 heterocycles. The molecule has 1 atom stereocenters. The number of hydrogen-bond acceptors (Lipinski definition) is 4. The summed E-state index contributed by atoms with van der Waals surface area (Å²) in [6.07, 6.45) is 2.96. The zero-order valence-electron chi connectivity index (χ0n) is 9.15. The summed E-state index contributed by atoms with van der Waals surface area (Å²) < 4.78 is 0. The summed E-state index contributed by atoms with van der Waals surface area (Å²) in [7, 11) is 0. The summed E-state index contributed by atoms with van der Waals surface area (Å²) in [5.41, 5.74) is 10.2. The molecule has 16 heavy (non-hydrogen) atoms. The molecule has 1 fully saturated rings. The molecule has 0 spiro atoms. The normalized spacial score (nSPS) is 21.1. The summed E-state index contributed by atoms with van der Waals surface area (Å²) >= 11 is 0. The van der Waals surface area contributed by atoms with Crippen LogP contribution >= 0.6 is 0 Å². The second kappa shape index (κ2) is 5.60. The second-order valence-electron chi connectivity index (χ2n) is 4.07. The molecule has 1 aliphatic rings. The van der Waals surface area contributed by atoms with Crippen molar-refractivity contribution in [3.05, 3.63) is 0 Å². The third-order valence-electron chi connectivity index (χ3n) is 2.68. The SMILES string of the molecule is NC(=O)CN(CC(N)=O)C1CCCCC1=O. The van der Waals surface area contributed by atoms with Gasteiger partial charge in [0.1, 0.15) is 5.78 Å².